The highest BCUT2D eigenvalue weighted by atomic mass is 79.9. The molecule has 4 nitrogen and oxygen atoms in total. The van der Waals surface area contributed by atoms with Gasteiger partial charge in [0.25, 0.3) is 11.8 Å². The van der Waals surface area contributed by atoms with Crippen LogP contribution in [0.4, 0.5) is 5.69 Å². The SMILES string of the molecule is Cc1ccc(NCN2C(=O)c3ccc(Br)cc3C2=O)cc1. The molecule has 0 bridgehead atoms. The van der Waals surface area contributed by atoms with Crippen LogP contribution in [0.2, 0.25) is 0 Å². The summed E-state index contributed by atoms with van der Waals surface area (Å²) < 4.78 is 0.788. The molecule has 1 aliphatic rings. The van der Waals surface area contributed by atoms with Gasteiger partial charge in [-0.15, -0.1) is 0 Å². The van der Waals surface area contributed by atoms with Crippen molar-refractivity contribution in [1.82, 2.24) is 4.90 Å². The molecule has 2 aromatic rings. The minimum atomic E-state index is -0.268. The minimum Gasteiger partial charge on any atom is -0.367 e. The predicted molar refractivity (Wildman–Crippen MR) is 84.3 cm³/mol. The standard InChI is InChI=1S/C16H13BrN2O2/c1-10-2-5-12(6-3-10)18-9-19-15(20)13-7-4-11(17)8-14(13)16(19)21/h2-8,18H,9H2,1H3. The first-order valence-corrected chi connectivity index (χ1v) is 7.32. The zero-order chi connectivity index (χ0) is 15.0. The largest absolute Gasteiger partial charge is 0.367 e. The van der Waals surface area contributed by atoms with E-state index in [-0.39, 0.29) is 18.5 Å². The van der Waals surface area contributed by atoms with Gasteiger partial charge in [-0.05, 0) is 37.3 Å². The van der Waals surface area contributed by atoms with Crippen LogP contribution in [-0.4, -0.2) is 23.4 Å². The van der Waals surface area contributed by atoms with Gasteiger partial charge < -0.3 is 5.32 Å². The van der Waals surface area contributed by atoms with Gasteiger partial charge in [0.2, 0.25) is 0 Å². The van der Waals surface area contributed by atoms with E-state index in [4.69, 9.17) is 0 Å². The Morgan fingerprint density at radius 2 is 1.67 bits per heavy atom. The fraction of sp³-hybridized carbons (Fsp3) is 0.125. The number of anilines is 1. The molecule has 0 spiro atoms. The van der Waals surface area contributed by atoms with E-state index < -0.39 is 0 Å². The van der Waals surface area contributed by atoms with Crippen LogP contribution in [-0.2, 0) is 0 Å². The number of hydrogen-bond donors (Lipinski definition) is 1. The number of carbonyl (C=O) groups is 2. The first-order valence-electron chi connectivity index (χ1n) is 6.52. The molecule has 21 heavy (non-hydrogen) atoms. The lowest BCUT2D eigenvalue weighted by Crippen LogP contribution is -2.34. The molecule has 5 heteroatoms. The van der Waals surface area contributed by atoms with Crippen molar-refractivity contribution in [3.63, 3.8) is 0 Å². The number of nitrogens with one attached hydrogen (secondary N) is 1. The van der Waals surface area contributed by atoms with Crippen molar-refractivity contribution in [1.29, 1.82) is 0 Å². The van der Waals surface area contributed by atoms with Crippen molar-refractivity contribution in [3.05, 3.63) is 63.6 Å². The average molecular weight is 345 g/mol. The summed E-state index contributed by atoms with van der Waals surface area (Å²) in [5.74, 6) is -0.530. The molecule has 2 aromatic carbocycles. The summed E-state index contributed by atoms with van der Waals surface area (Å²) >= 11 is 3.32. The Balaban J connectivity index is 1.77. The molecule has 1 aliphatic heterocycles. The number of halogens is 1. The average Bonchev–Trinajstić information content (AvgIpc) is 2.70. The van der Waals surface area contributed by atoms with Gasteiger partial charge in [-0.2, -0.15) is 0 Å². The summed E-state index contributed by atoms with van der Waals surface area (Å²) in [4.78, 5) is 25.7. The second-order valence-corrected chi connectivity index (χ2v) is 5.84. The van der Waals surface area contributed by atoms with E-state index in [0.29, 0.717) is 11.1 Å². The lowest BCUT2D eigenvalue weighted by atomic mass is 10.1. The van der Waals surface area contributed by atoms with Crippen molar-refractivity contribution in [2.75, 3.05) is 12.0 Å². The van der Waals surface area contributed by atoms with E-state index in [0.717, 1.165) is 15.7 Å². The molecular formula is C16H13BrN2O2. The molecule has 0 atom stereocenters. The zero-order valence-electron chi connectivity index (χ0n) is 11.4. The van der Waals surface area contributed by atoms with E-state index in [9.17, 15) is 9.59 Å². The van der Waals surface area contributed by atoms with Crippen molar-refractivity contribution < 1.29 is 9.59 Å². The summed E-state index contributed by atoms with van der Waals surface area (Å²) in [5.41, 5.74) is 2.93. The number of aryl methyl sites for hydroxylation is 1. The molecule has 0 aliphatic carbocycles. The molecule has 2 amide bonds. The number of hydrogen-bond acceptors (Lipinski definition) is 3. The van der Waals surface area contributed by atoms with Gasteiger partial charge in [-0.25, -0.2) is 0 Å². The second kappa shape index (κ2) is 5.33. The molecule has 0 aromatic heterocycles. The maximum atomic E-state index is 12.3. The Bertz CT molecular complexity index is 726. The molecule has 3 rings (SSSR count). The summed E-state index contributed by atoms with van der Waals surface area (Å²) in [6.07, 6.45) is 0. The number of amides is 2. The molecule has 0 saturated carbocycles. The zero-order valence-corrected chi connectivity index (χ0v) is 13.0. The lowest BCUT2D eigenvalue weighted by Gasteiger charge is -2.15. The van der Waals surface area contributed by atoms with Crippen molar-refractivity contribution in [2.24, 2.45) is 0 Å². The number of imide groups is 1. The monoisotopic (exact) mass is 344 g/mol. The fourth-order valence-electron chi connectivity index (χ4n) is 2.25. The van der Waals surface area contributed by atoms with Gasteiger partial charge in [0.1, 0.15) is 0 Å². The number of carbonyl (C=O) groups excluding carboxylic acids is 2. The highest BCUT2D eigenvalue weighted by molar-refractivity contribution is 9.10. The van der Waals surface area contributed by atoms with Crippen molar-refractivity contribution in [2.45, 2.75) is 6.92 Å². The maximum absolute atomic E-state index is 12.3. The molecule has 0 saturated heterocycles. The van der Waals surface area contributed by atoms with E-state index in [1.54, 1.807) is 18.2 Å². The molecular weight excluding hydrogens is 332 g/mol. The van der Waals surface area contributed by atoms with Crippen LogP contribution in [0, 0.1) is 6.92 Å². The van der Waals surface area contributed by atoms with Gasteiger partial charge in [0.15, 0.2) is 0 Å². The first-order chi connectivity index (χ1) is 10.1. The van der Waals surface area contributed by atoms with Crippen LogP contribution in [0.1, 0.15) is 26.3 Å². The Labute approximate surface area is 130 Å². The lowest BCUT2D eigenvalue weighted by molar-refractivity contribution is 0.0666. The molecule has 0 unspecified atom stereocenters. The number of benzene rings is 2. The summed E-state index contributed by atoms with van der Waals surface area (Å²) in [7, 11) is 0. The Kier molecular flexibility index (Phi) is 3.51. The number of nitrogens with zero attached hydrogens (tertiary/aromatic N) is 1. The Hall–Kier alpha value is -2.14. The normalized spacial score (nSPS) is 13.5. The van der Waals surface area contributed by atoms with Crippen LogP contribution in [0.3, 0.4) is 0 Å². The molecule has 1 N–H and O–H groups in total. The van der Waals surface area contributed by atoms with Gasteiger partial charge in [0.05, 0.1) is 17.8 Å². The third-order valence-electron chi connectivity index (χ3n) is 3.43. The third-order valence-corrected chi connectivity index (χ3v) is 3.92. The molecule has 0 fully saturated rings. The van der Waals surface area contributed by atoms with Crippen LogP contribution in [0.25, 0.3) is 0 Å². The van der Waals surface area contributed by atoms with E-state index in [1.165, 1.54) is 4.90 Å². The van der Waals surface area contributed by atoms with Crippen LogP contribution in [0.5, 0.6) is 0 Å². The van der Waals surface area contributed by atoms with Gasteiger partial charge in [-0.3, -0.25) is 14.5 Å². The second-order valence-electron chi connectivity index (χ2n) is 4.93. The smallest absolute Gasteiger partial charge is 0.263 e. The topological polar surface area (TPSA) is 49.4 Å². The molecule has 106 valence electrons. The Morgan fingerprint density at radius 3 is 2.38 bits per heavy atom. The van der Waals surface area contributed by atoms with E-state index >= 15 is 0 Å². The Morgan fingerprint density at radius 1 is 1.00 bits per heavy atom. The van der Waals surface area contributed by atoms with Gasteiger partial charge in [0, 0.05) is 10.2 Å². The highest BCUT2D eigenvalue weighted by Crippen LogP contribution is 2.25. The summed E-state index contributed by atoms with van der Waals surface area (Å²) in [6.45, 7) is 2.17. The van der Waals surface area contributed by atoms with Crippen LogP contribution < -0.4 is 5.32 Å². The fourth-order valence-corrected chi connectivity index (χ4v) is 2.61. The quantitative estimate of drug-likeness (QED) is 0.868. The van der Waals surface area contributed by atoms with Crippen LogP contribution in [0.15, 0.2) is 46.9 Å². The van der Waals surface area contributed by atoms with E-state index in [2.05, 4.69) is 21.2 Å². The molecule has 1 heterocycles. The molecule has 0 radical (unpaired) electrons. The number of rotatable bonds is 3. The van der Waals surface area contributed by atoms with Gasteiger partial charge >= 0.3 is 0 Å². The van der Waals surface area contributed by atoms with E-state index in [1.807, 2.05) is 31.2 Å². The summed E-state index contributed by atoms with van der Waals surface area (Å²) in [5, 5.41) is 3.10. The van der Waals surface area contributed by atoms with Crippen molar-refractivity contribution >= 4 is 33.4 Å². The third kappa shape index (κ3) is 2.56. The van der Waals surface area contributed by atoms with Crippen molar-refractivity contribution in [3.8, 4) is 0 Å². The number of fused-ring (bicyclic) bond motifs is 1. The summed E-state index contributed by atoms with van der Waals surface area (Å²) in [6, 6.07) is 12.9. The predicted octanol–water partition coefficient (Wildman–Crippen LogP) is 3.42. The highest BCUT2D eigenvalue weighted by Gasteiger charge is 2.35. The van der Waals surface area contributed by atoms with Crippen LogP contribution >= 0.6 is 15.9 Å². The maximum Gasteiger partial charge on any atom is 0.263 e. The first kappa shape index (κ1) is 13.8. The van der Waals surface area contributed by atoms with Gasteiger partial charge in [-0.1, -0.05) is 33.6 Å². The minimum absolute atomic E-state index is 0.160.